The van der Waals surface area contributed by atoms with E-state index in [4.69, 9.17) is 6.42 Å². The molecule has 4 aromatic rings. The first-order valence-electron chi connectivity index (χ1n) is 11.0. The lowest BCUT2D eigenvalue weighted by molar-refractivity contribution is -0.141. The molecule has 3 heterocycles. The van der Waals surface area contributed by atoms with Gasteiger partial charge in [0.1, 0.15) is 0 Å². The number of imidazole rings is 1. The van der Waals surface area contributed by atoms with Gasteiger partial charge in [-0.25, -0.2) is 4.98 Å². The first-order valence-corrected chi connectivity index (χ1v) is 11.0. The van der Waals surface area contributed by atoms with Crippen LogP contribution in [0.25, 0.3) is 16.9 Å². The fourth-order valence-corrected chi connectivity index (χ4v) is 4.27. The van der Waals surface area contributed by atoms with Crippen molar-refractivity contribution < 1.29 is 18.0 Å². The Balaban J connectivity index is 1.73. The summed E-state index contributed by atoms with van der Waals surface area (Å²) in [5.74, 6) is 2.13. The second-order valence-electron chi connectivity index (χ2n) is 8.28. The summed E-state index contributed by atoms with van der Waals surface area (Å²) in [6.45, 7) is 7.51. The SMILES string of the molecule is C#CCNC(=O)c1c(C)cc(Cc2nccn3c(-c4cn(CC=C)nc4C(F)(F)F)cnc23)cc1C. The van der Waals surface area contributed by atoms with Crippen LogP contribution >= 0.6 is 0 Å². The highest BCUT2D eigenvalue weighted by molar-refractivity contribution is 5.97. The van der Waals surface area contributed by atoms with Crippen molar-refractivity contribution in [3.63, 3.8) is 0 Å². The number of aryl methyl sites for hydroxylation is 2. The van der Waals surface area contributed by atoms with Crippen LogP contribution in [0.3, 0.4) is 0 Å². The number of nitrogens with one attached hydrogen (secondary N) is 1. The lowest BCUT2D eigenvalue weighted by atomic mass is 9.96. The molecule has 0 unspecified atom stereocenters. The number of aromatic nitrogens is 5. The molecule has 0 aliphatic heterocycles. The molecule has 0 fully saturated rings. The Morgan fingerprint density at radius 3 is 2.61 bits per heavy atom. The van der Waals surface area contributed by atoms with Gasteiger partial charge in [-0.15, -0.1) is 13.0 Å². The van der Waals surface area contributed by atoms with E-state index in [1.165, 1.54) is 29.3 Å². The van der Waals surface area contributed by atoms with E-state index >= 15 is 0 Å². The molecule has 10 heteroatoms. The predicted octanol–water partition coefficient (Wildman–Crippen LogP) is 4.37. The lowest BCUT2D eigenvalue weighted by Crippen LogP contribution is -2.25. The molecule has 0 saturated carbocycles. The lowest BCUT2D eigenvalue weighted by Gasteiger charge is -2.12. The smallest absolute Gasteiger partial charge is 0.341 e. The Morgan fingerprint density at radius 1 is 1.25 bits per heavy atom. The average molecular weight is 493 g/mol. The molecular formula is C26H23F3N6O. The highest BCUT2D eigenvalue weighted by Gasteiger charge is 2.38. The highest BCUT2D eigenvalue weighted by Crippen LogP contribution is 2.36. The van der Waals surface area contributed by atoms with Gasteiger partial charge in [0.15, 0.2) is 11.3 Å². The van der Waals surface area contributed by atoms with Crippen LogP contribution in [0.5, 0.6) is 0 Å². The third-order valence-corrected chi connectivity index (χ3v) is 5.67. The molecule has 0 aliphatic rings. The van der Waals surface area contributed by atoms with Crippen LogP contribution in [0.4, 0.5) is 13.2 Å². The third-order valence-electron chi connectivity index (χ3n) is 5.67. The minimum absolute atomic E-state index is 0.0805. The number of allylic oxidation sites excluding steroid dienone is 1. The molecule has 1 aromatic carbocycles. The summed E-state index contributed by atoms with van der Waals surface area (Å²) in [6, 6.07) is 3.77. The Kier molecular flexibility index (Phi) is 6.66. The van der Waals surface area contributed by atoms with Gasteiger partial charge < -0.3 is 5.32 Å². The molecule has 0 radical (unpaired) electrons. The van der Waals surface area contributed by atoms with Gasteiger partial charge in [0.05, 0.1) is 36.2 Å². The summed E-state index contributed by atoms with van der Waals surface area (Å²) in [5, 5.41) is 6.38. The Labute approximate surface area is 205 Å². The van der Waals surface area contributed by atoms with Crippen molar-refractivity contribution in [1.82, 2.24) is 29.5 Å². The number of amides is 1. The number of terminal acetylenes is 1. The molecule has 1 amide bonds. The van der Waals surface area contributed by atoms with Gasteiger partial charge >= 0.3 is 6.18 Å². The van der Waals surface area contributed by atoms with Crippen molar-refractivity contribution in [2.24, 2.45) is 0 Å². The molecule has 0 atom stereocenters. The van der Waals surface area contributed by atoms with E-state index < -0.39 is 11.9 Å². The Morgan fingerprint density at radius 2 is 1.97 bits per heavy atom. The van der Waals surface area contributed by atoms with Gasteiger partial charge in [0.2, 0.25) is 0 Å². The molecule has 0 saturated heterocycles. The Hall–Kier alpha value is -4.39. The number of carbonyl (C=O) groups excluding carboxylic acids is 1. The summed E-state index contributed by atoms with van der Waals surface area (Å²) in [4.78, 5) is 21.3. The standard InChI is InChI=1S/C26H23F3N6O/c1-5-7-31-25(36)22-16(3)11-18(12-17(22)4)13-20-24-32-14-21(35(24)10-8-30-20)19-15-34(9-6-2)33-23(19)26(27,28)29/h1,6,8,10-12,14-15H,2,7,9,13H2,3-4H3,(H,31,36). The van der Waals surface area contributed by atoms with Gasteiger partial charge in [-0.3, -0.25) is 18.9 Å². The fourth-order valence-electron chi connectivity index (χ4n) is 4.27. The normalized spacial score (nSPS) is 11.4. The molecule has 0 aliphatic carbocycles. The van der Waals surface area contributed by atoms with Crippen molar-refractivity contribution >= 4 is 11.6 Å². The summed E-state index contributed by atoms with van der Waals surface area (Å²) in [6.07, 6.45) is 8.26. The zero-order valence-corrected chi connectivity index (χ0v) is 19.7. The molecule has 1 N–H and O–H groups in total. The second-order valence-corrected chi connectivity index (χ2v) is 8.28. The summed E-state index contributed by atoms with van der Waals surface area (Å²) in [7, 11) is 0. The van der Waals surface area contributed by atoms with E-state index in [0.717, 1.165) is 16.7 Å². The summed E-state index contributed by atoms with van der Waals surface area (Å²) < 4.78 is 43.9. The van der Waals surface area contributed by atoms with Crippen molar-refractivity contribution in [3.8, 4) is 23.6 Å². The molecule has 184 valence electrons. The zero-order valence-electron chi connectivity index (χ0n) is 19.7. The number of hydrogen-bond donors (Lipinski definition) is 1. The summed E-state index contributed by atoms with van der Waals surface area (Å²) >= 11 is 0. The monoisotopic (exact) mass is 492 g/mol. The summed E-state index contributed by atoms with van der Waals surface area (Å²) in [5.41, 5.74) is 3.20. The first-order chi connectivity index (χ1) is 17.1. The minimum atomic E-state index is -4.63. The molecular weight excluding hydrogens is 469 g/mol. The van der Waals surface area contributed by atoms with Crippen LogP contribution in [0.1, 0.15) is 38.4 Å². The molecule has 36 heavy (non-hydrogen) atoms. The zero-order chi connectivity index (χ0) is 26.0. The molecule has 4 rings (SSSR count). The van der Waals surface area contributed by atoms with Crippen molar-refractivity contribution in [2.75, 3.05) is 6.54 Å². The number of benzene rings is 1. The maximum atomic E-state index is 13.7. The molecule has 0 spiro atoms. The van der Waals surface area contributed by atoms with E-state index in [1.54, 1.807) is 10.6 Å². The highest BCUT2D eigenvalue weighted by atomic mass is 19.4. The van der Waals surface area contributed by atoms with Crippen molar-refractivity contribution in [1.29, 1.82) is 0 Å². The van der Waals surface area contributed by atoms with Crippen LogP contribution in [0, 0.1) is 26.2 Å². The van der Waals surface area contributed by atoms with E-state index in [-0.39, 0.29) is 30.3 Å². The number of nitrogens with zero attached hydrogens (tertiary/aromatic N) is 5. The first kappa shape index (κ1) is 24.7. The number of carbonyl (C=O) groups is 1. The van der Waals surface area contributed by atoms with Gasteiger partial charge in [0.25, 0.3) is 5.91 Å². The number of fused-ring (bicyclic) bond motifs is 1. The van der Waals surface area contributed by atoms with Crippen LogP contribution in [0.15, 0.2) is 49.6 Å². The van der Waals surface area contributed by atoms with E-state index in [2.05, 4.69) is 32.9 Å². The van der Waals surface area contributed by atoms with Crippen molar-refractivity contribution in [3.05, 3.63) is 83.2 Å². The minimum Gasteiger partial charge on any atom is -0.341 e. The maximum absolute atomic E-state index is 13.7. The fraction of sp³-hybridized carbons (Fsp3) is 0.231. The van der Waals surface area contributed by atoms with Gasteiger partial charge in [-0.05, 0) is 30.5 Å². The van der Waals surface area contributed by atoms with Crippen LogP contribution in [-0.2, 0) is 19.1 Å². The van der Waals surface area contributed by atoms with Crippen LogP contribution in [0.2, 0.25) is 0 Å². The quantitative estimate of drug-likeness (QED) is 0.307. The Bertz CT molecular complexity index is 1480. The van der Waals surface area contributed by atoms with E-state index in [9.17, 15) is 18.0 Å². The molecule has 0 bridgehead atoms. The number of halogens is 3. The molecule has 3 aromatic heterocycles. The predicted molar refractivity (Wildman–Crippen MR) is 129 cm³/mol. The third kappa shape index (κ3) is 4.73. The molecule has 7 nitrogen and oxygen atoms in total. The average Bonchev–Trinajstić information content (AvgIpc) is 3.42. The largest absolute Gasteiger partial charge is 0.435 e. The van der Waals surface area contributed by atoms with E-state index in [0.29, 0.717) is 23.3 Å². The van der Waals surface area contributed by atoms with Crippen molar-refractivity contribution in [2.45, 2.75) is 33.0 Å². The number of rotatable bonds is 7. The van der Waals surface area contributed by atoms with E-state index in [1.807, 2.05) is 26.0 Å². The van der Waals surface area contributed by atoms with Gasteiger partial charge in [-0.1, -0.05) is 24.1 Å². The van der Waals surface area contributed by atoms with Crippen LogP contribution in [-0.4, -0.2) is 36.6 Å². The van der Waals surface area contributed by atoms with Gasteiger partial charge in [-0.2, -0.15) is 18.3 Å². The van der Waals surface area contributed by atoms with Gasteiger partial charge in [0, 0.05) is 30.6 Å². The topological polar surface area (TPSA) is 77.1 Å². The van der Waals surface area contributed by atoms with Crippen LogP contribution < -0.4 is 5.32 Å². The maximum Gasteiger partial charge on any atom is 0.435 e. The second kappa shape index (κ2) is 9.70. The number of hydrogen-bond acceptors (Lipinski definition) is 4. The number of alkyl halides is 3.